The minimum Gasteiger partial charge on any atom is -0.481 e. The predicted molar refractivity (Wildman–Crippen MR) is 100 cm³/mol. The molecule has 1 aromatic rings. The number of hydrogen-bond acceptors (Lipinski definition) is 7. The molecule has 2 N–H and O–H groups in total. The van der Waals surface area contributed by atoms with E-state index in [1.54, 1.807) is 20.0 Å². The molecule has 2 aliphatic heterocycles. The smallest absolute Gasteiger partial charge is 0.313 e. The SMILES string of the molecule is CC[C@H]1CN(c2ncc(C(C)(C)C(=O)O)c(N3CCOCC3)n2)CCN1. The first kappa shape index (κ1) is 18.8. The van der Waals surface area contributed by atoms with Crippen molar-refractivity contribution in [2.24, 2.45) is 0 Å². The number of rotatable bonds is 5. The van der Waals surface area contributed by atoms with Crippen LogP contribution in [0.25, 0.3) is 0 Å². The quantitative estimate of drug-likeness (QED) is 0.796. The highest BCUT2D eigenvalue weighted by atomic mass is 16.5. The van der Waals surface area contributed by atoms with Gasteiger partial charge in [0.15, 0.2) is 0 Å². The van der Waals surface area contributed by atoms with E-state index in [1.165, 1.54) is 0 Å². The number of carbonyl (C=O) groups is 1. The van der Waals surface area contributed by atoms with Crippen molar-refractivity contribution in [2.75, 3.05) is 55.7 Å². The minimum atomic E-state index is -1.05. The molecule has 1 atom stereocenters. The maximum Gasteiger partial charge on any atom is 0.313 e. The summed E-state index contributed by atoms with van der Waals surface area (Å²) in [6.45, 7) is 10.8. The highest BCUT2D eigenvalue weighted by molar-refractivity contribution is 5.82. The lowest BCUT2D eigenvalue weighted by Crippen LogP contribution is -2.51. The van der Waals surface area contributed by atoms with Gasteiger partial charge in [-0.25, -0.2) is 4.98 Å². The first-order valence-corrected chi connectivity index (χ1v) is 9.35. The Balaban J connectivity index is 1.97. The van der Waals surface area contributed by atoms with Crippen LogP contribution in [-0.2, 0) is 14.9 Å². The topological polar surface area (TPSA) is 90.8 Å². The summed E-state index contributed by atoms with van der Waals surface area (Å²) in [4.78, 5) is 25.5. The minimum absolute atomic E-state index is 0.425. The first-order chi connectivity index (χ1) is 12.4. The number of carboxylic acid groups (broad SMARTS) is 1. The lowest BCUT2D eigenvalue weighted by Gasteiger charge is -2.36. The van der Waals surface area contributed by atoms with Gasteiger partial charge in [0.1, 0.15) is 5.82 Å². The lowest BCUT2D eigenvalue weighted by molar-refractivity contribution is -0.142. The Kier molecular flexibility index (Phi) is 5.62. The van der Waals surface area contributed by atoms with Gasteiger partial charge in [0.25, 0.3) is 0 Å². The number of carboxylic acids is 1. The van der Waals surface area contributed by atoms with Crippen LogP contribution < -0.4 is 15.1 Å². The number of nitrogens with zero attached hydrogens (tertiary/aromatic N) is 4. The van der Waals surface area contributed by atoms with Crippen LogP contribution >= 0.6 is 0 Å². The third kappa shape index (κ3) is 3.76. The Morgan fingerprint density at radius 1 is 1.35 bits per heavy atom. The molecule has 26 heavy (non-hydrogen) atoms. The fraction of sp³-hybridized carbons (Fsp3) is 0.722. The largest absolute Gasteiger partial charge is 0.481 e. The molecule has 2 aliphatic rings. The van der Waals surface area contributed by atoms with Crippen molar-refractivity contribution in [1.29, 1.82) is 0 Å². The van der Waals surface area contributed by atoms with E-state index in [-0.39, 0.29) is 0 Å². The number of hydrogen-bond donors (Lipinski definition) is 2. The van der Waals surface area contributed by atoms with Crippen LogP contribution in [0.15, 0.2) is 6.20 Å². The molecule has 0 aromatic carbocycles. The van der Waals surface area contributed by atoms with Crippen LogP contribution in [-0.4, -0.2) is 73.0 Å². The molecule has 2 fully saturated rings. The fourth-order valence-corrected chi connectivity index (χ4v) is 3.37. The van der Waals surface area contributed by atoms with E-state index in [2.05, 4.69) is 27.0 Å². The van der Waals surface area contributed by atoms with Crippen molar-refractivity contribution in [3.8, 4) is 0 Å². The summed E-state index contributed by atoms with van der Waals surface area (Å²) in [6, 6.07) is 0.425. The number of piperazine rings is 1. The highest BCUT2D eigenvalue weighted by Gasteiger charge is 2.35. The van der Waals surface area contributed by atoms with Crippen molar-refractivity contribution in [1.82, 2.24) is 15.3 Å². The molecule has 144 valence electrons. The van der Waals surface area contributed by atoms with Crippen molar-refractivity contribution in [2.45, 2.75) is 38.6 Å². The molecule has 3 rings (SSSR count). The summed E-state index contributed by atoms with van der Waals surface area (Å²) in [5.41, 5.74) is -0.403. The second-order valence-electron chi connectivity index (χ2n) is 7.44. The molecule has 0 unspecified atom stereocenters. The summed E-state index contributed by atoms with van der Waals surface area (Å²) >= 11 is 0. The van der Waals surface area contributed by atoms with E-state index >= 15 is 0 Å². The van der Waals surface area contributed by atoms with E-state index in [1.807, 2.05) is 0 Å². The molecule has 0 aliphatic carbocycles. The van der Waals surface area contributed by atoms with Gasteiger partial charge in [-0.05, 0) is 20.3 Å². The molecule has 0 amide bonds. The summed E-state index contributed by atoms with van der Waals surface area (Å²) in [7, 11) is 0. The second-order valence-corrected chi connectivity index (χ2v) is 7.44. The van der Waals surface area contributed by atoms with E-state index in [0.29, 0.717) is 43.9 Å². The van der Waals surface area contributed by atoms with E-state index in [4.69, 9.17) is 9.72 Å². The Morgan fingerprint density at radius 2 is 2.08 bits per heavy atom. The Hall–Kier alpha value is -1.93. The van der Waals surface area contributed by atoms with Crippen LogP contribution in [0.1, 0.15) is 32.8 Å². The van der Waals surface area contributed by atoms with Gasteiger partial charge in [0.2, 0.25) is 5.95 Å². The summed E-state index contributed by atoms with van der Waals surface area (Å²) in [5, 5.41) is 13.2. The summed E-state index contributed by atoms with van der Waals surface area (Å²) in [5.74, 6) is 0.519. The van der Waals surface area contributed by atoms with Crippen LogP contribution in [0.4, 0.5) is 11.8 Å². The molecule has 0 bridgehead atoms. The molecule has 0 radical (unpaired) electrons. The zero-order valence-corrected chi connectivity index (χ0v) is 15.9. The van der Waals surface area contributed by atoms with Gasteiger partial charge in [0, 0.05) is 50.5 Å². The van der Waals surface area contributed by atoms with Gasteiger partial charge in [-0.3, -0.25) is 4.79 Å². The molecule has 8 heteroatoms. The van der Waals surface area contributed by atoms with Crippen molar-refractivity contribution >= 4 is 17.7 Å². The maximum atomic E-state index is 11.8. The summed E-state index contributed by atoms with van der Waals surface area (Å²) < 4.78 is 5.45. The molecule has 8 nitrogen and oxygen atoms in total. The normalized spacial score (nSPS) is 21.7. The molecular formula is C18H29N5O3. The molecule has 0 spiro atoms. The van der Waals surface area contributed by atoms with E-state index < -0.39 is 11.4 Å². The fourth-order valence-electron chi connectivity index (χ4n) is 3.37. The molecular weight excluding hydrogens is 334 g/mol. The second kappa shape index (κ2) is 7.75. The number of morpholine rings is 1. The third-order valence-corrected chi connectivity index (χ3v) is 5.31. The average molecular weight is 363 g/mol. The van der Waals surface area contributed by atoms with Gasteiger partial charge >= 0.3 is 5.97 Å². The predicted octanol–water partition coefficient (Wildman–Crippen LogP) is 0.864. The highest BCUT2D eigenvalue weighted by Crippen LogP contribution is 2.32. The molecule has 0 saturated carbocycles. The lowest BCUT2D eigenvalue weighted by atomic mass is 9.85. The van der Waals surface area contributed by atoms with Crippen molar-refractivity contribution in [3.05, 3.63) is 11.8 Å². The van der Waals surface area contributed by atoms with Gasteiger partial charge in [0.05, 0.1) is 18.6 Å². The average Bonchev–Trinajstić information content (AvgIpc) is 2.68. The Bertz CT molecular complexity index is 646. The number of ether oxygens (including phenoxy) is 1. The molecule has 3 heterocycles. The van der Waals surface area contributed by atoms with Crippen LogP contribution in [0.2, 0.25) is 0 Å². The van der Waals surface area contributed by atoms with Crippen LogP contribution in [0.3, 0.4) is 0 Å². The molecule has 2 saturated heterocycles. The van der Waals surface area contributed by atoms with Crippen LogP contribution in [0, 0.1) is 0 Å². The molecule has 1 aromatic heterocycles. The number of nitrogens with one attached hydrogen (secondary N) is 1. The standard InChI is InChI=1S/C18H29N5O3/c1-4-13-12-23(6-5-19-13)17-20-11-14(18(2,3)16(24)25)15(21-17)22-7-9-26-10-8-22/h11,13,19H,4-10,12H2,1-3H3,(H,24,25)/t13-/m0/s1. The number of anilines is 2. The zero-order chi connectivity index (χ0) is 18.7. The van der Waals surface area contributed by atoms with E-state index in [9.17, 15) is 9.90 Å². The van der Waals surface area contributed by atoms with E-state index in [0.717, 1.165) is 31.9 Å². The van der Waals surface area contributed by atoms with Crippen molar-refractivity contribution < 1.29 is 14.6 Å². The summed E-state index contributed by atoms with van der Waals surface area (Å²) in [6.07, 6.45) is 2.75. The number of aromatic nitrogens is 2. The van der Waals surface area contributed by atoms with Gasteiger partial charge < -0.3 is 25.0 Å². The third-order valence-electron chi connectivity index (χ3n) is 5.31. The monoisotopic (exact) mass is 363 g/mol. The maximum absolute atomic E-state index is 11.8. The zero-order valence-electron chi connectivity index (χ0n) is 15.9. The van der Waals surface area contributed by atoms with Crippen LogP contribution in [0.5, 0.6) is 0 Å². The van der Waals surface area contributed by atoms with Gasteiger partial charge in [-0.2, -0.15) is 4.98 Å². The number of aliphatic carboxylic acids is 1. The van der Waals surface area contributed by atoms with Gasteiger partial charge in [-0.1, -0.05) is 6.92 Å². The first-order valence-electron chi connectivity index (χ1n) is 9.35. The Morgan fingerprint density at radius 3 is 2.73 bits per heavy atom. The van der Waals surface area contributed by atoms with Crippen molar-refractivity contribution in [3.63, 3.8) is 0 Å². The Labute approximate surface area is 154 Å². The van der Waals surface area contributed by atoms with Gasteiger partial charge in [-0.15, -0.1) is 0 Å².